The second kappa shape index (κ2) is 6.36. The molecule has 1 amide bonds. The van der Waals surface area contributed by atoms with E-state index >= 15 is 0 Å². The molecule has 0 saturated heterocycles. The van der Waals surface area contributed by atoms with Gasteiger partial charge in [0, 0.05) is 18.3 Å². The number of nitrogens with zero attached hydrogens (tertiary/aromatic N) is 1. The molecule has 1 aliphatic carbocycles. The summed E-state index contributed by atoms with van der Waals surface area (Å²) < 4.78 is 4.97. The molecule has 1 aliphatic rings. The van der Waals surface area contributed by atoms with Crippen LogP contribution in [0.15, 0.2) is 30.0 Å². The molecule has 19 heavy (non-hydrogen) atoms. The number of methoxy groups -OCH3 is 1. The zero-order valence-electron chi connectivity index (χ0n) is 11.5. The molecule has 0 spiro atoms. The van der Waals surface area contributed by atoms with Crippen LogP contribution in [-0.2, 0) is 0 Å². The van der Waals surface area contributed by atoms with Crippen LogP contribution in [0.25, 0.3) is 0 Å². The van der Waals surface area contributed by atoms with Gasteiger partial charge in [-0.3, -0.25) is 4.79 Å². The second-order valence-electron chi connectivity index (χ2n) is 4.81. The highest BCUT2D eigenvalue weighted by atomic mass is 16.5. The number of nitrogens with one attached hydrogen (secondary N) is 1. The number of hydrogen-bond donors (Lipinski definition) is 1. The third-order valence-electron chi connectivity index (χ3n) is 3.44. The van der Waals surface area contributed by atoms with E-state index in [1.807, 2.05) is 6.92 Å². The summed E-state index contributed by atoms with van der Waals surface area (Å²) in [6.07, 6.45) is 8.47. The maximum Gasteiger partial charge on any atom is 0.253 e. The molecular weight excluding hydrogens is 240 g/mol. The summed E-state index contributed by atoms with van der Waals surface area (Å²) in [6.45, 7) is 2.03. The maximum absolute atomic E-state index is 12.1. The van der Waals surface area contributed by atoms with Crippen LogP contribution >= 0.6 is 0 Å². The summed E-state index contributed by atoms with van der Waals surface area (Å²) in [7, 11) is 1.56. The van der Waals surface area contributed by atoms with Gasteiger partial charge in [0.1, 0.15) is 0 Å². The van der Waals surface area contributed by atoms with Crippen molar-refractivity contribution >= 4 is 5.91 Å². The van der Waals surface area contributed by atoms with Crippen molar-refractivity contribution in [1.82, 2.24) is 10.3 Å². The van der Waals surface area contributed by atoms with E-state index in [2.05, 4.69) is 16.4 Å². The number of allylic oxidation sites excluding steroid dienone is 1. The molecule has 102 valence electrons. The SMILES string of the molecule is COc1ccc(C(=O)N[C@H](C)C2=CCCCC2)cn1. The minimum Gasteiger partial charge on any atom is -0.481 e. The molecule has 0 fully saturated rings. The first kappa shape index (κ1) is 13.6. The first-order chi connectivity index (χ1) is 9.20. The Balaban J connectivity index is 1.97. The van der Waals surface area contributed by atoms with Gasteiger partial charge in [0.05, 0.1) is 12.7 Å². The van der Waals surface area contributed by atoms with E-state index in [0.717, 1.165) is 12.8 Å². The highest BCUT2D eigenvalue weighted by Crippen LogP contribution is 2.20. The van der Waals surface area contributed by atoms with Crippen LogP contribution in [0, 0.1) is 0 Å². The van der Waals surface area contributed by atoms with Gasteiger partial charge in [-0.05, 0) is 38.7 Å². The van der Waals surface area contributed by atoms with Gasteiger partial charge in [-0.25, -0.2) is 4.98 Å². The van der Waals surface area contributed by atoms with Crippen LogP contribution in [0.5, 0.6) is 5.88 Å². The Morgan fingerprint density at radius 1 is 1.42 bits per heavy atom. The molecule has 1 aromatic rings. The van der Waals surface area contributed by atoms with Crippen molar-refractivity contribution in [2.45, 2.75) is 38.6 Å². The Morgan fingerprint density at radius 2 is 2.26 bits per heavy atom. The highest BCUT2D eigenvalue weighted by molar-refractivity contribution is 5.94. The van der Waals surface area contributed by atoms with Gasteiger partial charge in [0.25, 0.3) is 5.91 Å². The van der Waals surface area contributed by atoms with E-state index in [1.165, 1.54) is 24.6 Å². The summed E-state index contributed by atoms with van der Waals surface area (Å²) in [5.74, 6) is 0.425. The Morgan fingerprint density at radius 3 is 2.84 bits per heavy atom. The molecule has 1 atom stereocenters. The Hall–Kier alpha value is -1.84. The molecule has 0 aromatic carbocycles. The Bertz CT molecular complexity index is 466. The fourth-order valence-electron chi connectivity index (χ4n) is 2.26. The lowest BCUT2D eigenvalue weighted by Gasteiger charge is -2.20. The molecule has 0 bridgehead atoms. The topological polar surface area (TPSA) is 51.2 Å². The number of carbonyl (C=O) groups excluding carboxylic acids is 1. The standard InChI is InChI=1S/C15H20N2O2/c1-11(12-6-4-3-5-7-12)17-15(18)13-8-9-14(19-2)16-10-13/h6,8-11H,3-5,7H2,1-2H3,(H,17,18)/t11-/m1/s1. The quantitative estimate of drug-likeness (QED) is 0.847. The molecule has 4 nitrogen and oxygen atoms in total. The molecular formula is C15H20N2O2. The van der Waals surface area contributed by atoms with Gasteiger partial charge in [-0.15, -0.1) is 0 Å². The van der Waals surface area contributed by atoms with Gasteiger partial charge < -0.3 is 10.1 Å². The van der Waals surface area contributed by atoms with Crippen molar-refractivity contribution < 1.29 is 9.53 Å². The lowest BCUT2D eigenvalue weighted by molar-refractivity contribution is 0.0944. The van der Waals surface area contributed by atoms with Crippen molar-refractivity contribution in [1.29, 1.82) is 0 Å². The van der Waals surface area contributed by atoms with Crippen molar-refractivity contribution in [3.63, 3.8) is 0 Å². The number of hydrogen-bond acceptors (Lipinski definition) is 3. The number of amides is 1. The highest BCUT2D eigenvalue weighted by Gasteiger charge is 2.15. The Labute approximate surface area is 113 Å². The molecule has 1 N–H and O–H groups in total. The monoisotopic (exact) mass is 260 g/mol. The van der Waals surface area contributed by atoms with Crippen LogP contribution in [0.1, 0.15) is 43.0 Å². The van der Waals surface area contributed by atoms with Crippen molar-refractivity contribution in [2.75, 3.05) is 7.11 Å². The zero-order chi connectivity index (χ0) is 13.7. The van der Waals surface area contributed by atoms with Gasteiger partial charge >= 0.3 is 0 Å². The number of aromatic nitrogens is 1. The average Bonchev–Trinajstić information content (AvgIpc) is 2.48. The number of rotatable bonds is 4. The molecule has 0 unspecified atom stereocenters. The van der Waals surface area contributed by atoms with Gasteiger partial charge in [-0.2, -0.15) is 0 Å². The molecule has 0 saturated carbocycles. The van der Waals surface area contributed by atoms with E-state index < -0.39 is 0 Å². The summed E-state index contributed by atoms with van der Waals surface area (Å²) in [5.41, 5.74) is 1.89. The first-order valence-electron chi connectivity index (χ1n) is 6.70. The van der Waals surface area contributed by atoms with Crippen molar-refractivity contribution in [3.05, 3.63) is 35.5 Å². The fourth-order valence-corrected chi connectivity index (χ4v) is 2.26. The third-order valence-corrected chi connectivity index (χ3v) is 3.44. The normalized spacial score (nSPS) is 16.4. The molecule has 4 heteroatoms. The van der Waals surface area contributed by atoms with Gasteiger partial charge in [0.15, 0.2) is 0 Å². The van der Waals surface area contributed by atoms with E-state index in [-0.39, 0.29) is 11.9 Å². The van der Waals surface area contributed by atoms with E-state index in [9.17, 15) is 4.79 Å². The fraction of sp³-hybridized carbons (Fsp3) is 0.467. The smallest absolute Gasteiger partial charge is 0.253 e. The molecule has 1 aromatic heterocycles. The summed E-state index contributed by atoms with van der Waals surface area (Å²) >= 11 is 0. The lowest BCUT2D eigenvalue weighted by atomic mass is 9.94. The van der Waals surface area contributed by atoms with E-state index in [4.69, 9.17) is 4.74 Å². The largest absolute Gasteiger partial charge is 0.481 e. The van der Waals surface area contributed by atoms with Crippen LogP contribution in [0.3, 0.4) is 0 Å². The van der Waals surface area contributed by atoms with E-state index in [0.29, 0.717) is 11.4 Å². The minimum atomic E-state index is -0.0888. The second-order valence-corrected chi connectivity index (χ2v) is 4.81. The van der Waals surface area contributed by atoms with E-state index in [1.54, 1.807) is 19.2 Å². The van der Waals surface area contributed by atoms with Gasteiger partial charge in [0.2, 0.25) is 5.88 Å². The number of carbonyl (C=O) groups is 1. The molecule has 1 heterocycles. The van der Waals surface area contributed by atoms with Gasteiger partial charge in [-0.1, -0.05) is 11.6 Å². The zero-order valence-corrected chi connectivity index (χ0v) is 11.5. The summed E-state index contributed by atoms with van der Waals surface area (Å²) in [4.78, 5) is 16.1. The molecule has 0 radical (unpaired) electrons. The summed E-state index contributed by atoms with van der Waals surface area (Å²) in [6, 6.07) is 3.51. The first-order valence-corrected chi connectivity index (χ1v) is 6.70. The van der Waals surface area contributed by atoms with Crippen LogP contribution < -0.4 is 10.1 Å². The third kappa shape index (κ3) is 3.56. The predicted molar refractivity (Wildman–Crippen MR) is 74.3 cm³/mol. The minimum absolute atomic E-state index is 0.0888. The molecule has 0 aliphatic heterocycles. The Kier molecular flexibility index (Phi) is 4.55. The van der Waals surface area contributed by atoms with Crippen molar-refractivity contribution in [2.24, 2.45) is 0 Å². The van der Waals surface area contributed by atoms with Crippen LogP contribution in [0.4, 0.5) is 0 Å². The maximum atomic E-state index is 12.1. The van der Waals surface area contributed by atoms with Crippen LogP contribution in [0.2, 0.25) is 0 Å². The number of ether oxygens (including phenoxy) is 1. The number of pyridine rings is 1. The molecule has 2 rings (SSSR count). The summed E-state index contributed by atoms with van der Waals surface area (Å²) in [5, 5.41) is 3.02. The van der Waals surface area contributed by atoms with Crippen molar-refractivity contribution in [3.8, 4) is 5.88 Å². The predicted octanol–water partition coefficient (Wildman–Crippen LogP) is 2.71. The average molecular weight is 260 g/mol. The lowest BCUT2D eigenvalue weighted by Crippen LogP contribution is -2.34. The van der Waals surface area contributed by atoms with Crippen LogP contribution in [-0.4, -0.2) is 24.0 Å².